The number of aryl methyl sites for hydroxylation is 1. The van der Waals surface area contributed by atoms with Crippen LogP contribution in [0, 0.1) is 5.82 Å². The van der Waals surface area contributed by atoms with Crippen LogP contribution in [0.4, 0.5) is 10.1 Å². The van der Waals surface area contributed by atoms with E-state index in [1.165, 1.54) is 12.1 Å². The Labute approximate surface area is 155 Å². The Kier molecular flexibility index (Phi) is 4.38. The number of benzene rings is 2. The molecule has 0 aliphatic carbocycles. The highest BCUT2D eigenvalue weighted by Gasteiger charge is 2.17. The van der Waals surface area contributed by atoms with Gasteiger partial charge in [0.1, 0.15) is 5.82 Å². The van der Waals surface area contributed by atoms with Gasteiger partial charge in [-0.3, -0.25) is 4.79 Å². The summed E-state index contributed by atoms with van der Waals surface area (Å²) in [6.07, 6.45) is 1.64. The monoisotopic (exact) mass is 360 g/mol. The highest BCUT2D eigenvalue weighted by atomic mass is 19.1. The number of hydrogen-bond donors (Lipinski definition) is 1. The van der Waals surface area contributed by atoms with E-state index in [2.05, 4.69) is 10.4 Å². The second-order valence-electron chi connectivity index (χ2n) is 6.08. The summed E-state index contributed by atoms with van der Waals surface area (Å²) in [5.41, 5.74) is 3.07. The van der Waals surface area contributed by atoms with Crippen molar-refractivity contribution in [2.75, 3.05) is 5.32 Å². The molecule has 4 rings (SSSR count). The first-order valence-corrected chi connectivity index (χ1v) is 8.64. The van der Waals surface area contributed by atoms with Crippen LogP contribution in [0.15, 0.2) is 66.9 Å². The number of hydrogen-bond acceptors (Lipinski definition) is 3. The van der Waals surface area contributed by atoms with Crippen molar-refractivity contribution in [2.24, 2.45) is 0 Å². The molecule has 2 heterocycles. The predicted octanol–water partition coefficient (Wildman–Crippen LogP) is 4.51. The van der Waals surface area contributed by atoms with Crippen LogP contribution >= 0.6 is 0 Å². The van der Waals surface area contributed by atoms with Crippen LogP contribution in [0.25, 0.3) is 22.3 Å². The number of aromatic nitrogens is 3. The van der Waals surface area contributed by atoms with E-state index in [4.69, 9.17) is 4.98 Å². The molecule has 2 aromatic carbocycles. The van der Waals surface area contributed by atoms with Crippen LogP contribution in [-0.2, 0) is 6.54 Å². The molecule has 27 heavy (non-hydrogen) atoms. The molecule has 0 unspecified atom stereocenters. The Bertz CT molecular complexity index is 1120. The van der Waals surface area contributed by atoms with E-state index in [9.17, 15) is 9.18 Å². The number of pyridine rings is 1. The normalized spacial score (nSPS) is 10.9. The zero-order chi connectivity index (χ0) is 18.8. The van der Waals surface area contributed by atoms with Crippen LogP contribution in [0.3, 0.4) is 0 Å². The third kappa shape index (κ3) is 3.29. The molecule has 134 valence electrons. The number of fused-ring (bicyclic) bond motifs is 1. The molecule has 2 aromatic heterocycles. The van der Waals surface area contributed by atoms with Gasteiger partial charge >= 0.3 is 0 Å². The molecule has 0 aliphatic heterocycles. The highest BCUT2D eigenvalue weighted by molar-refractivity contribution is 6.12. The van der Waals surface area contributed by atoms with Gasteiger partial charge in [-0.1, -0.05) is 36.4 Å². The third-order valence-corrected chi connectivity index (χ3v) is 4.31. The summed E-state index contributed by atoms with van der Waals surface area (Å²) in [7, 11) is 0. The Hall–Kier alpha value is -3.54. The third-order valence-electron chi connectivity index (χ3n) is 4.31. The summed E-state index contributed by atoms with van der Waals surface area (Å²) >= 11 is 0. The SMILES string of the molecule is CCn1ncc2c(C(=O)Nc3cccc(F)c3)cc(-c3ccccc3)nc21. The van der Waals surface area contributed by atoms with Gasteiger partial charge in [0.05, 0.1) is 22.8 Å². The molecule has 0 fully saturated rings. The molecule has 4 aromatic rings. The van der Waals surface area contributed by atoms with Crippen LogP contribution in [-0.4, -0.2) is 20.7 Å². The average Bonchev–Trinajstić information content (AvgIpc) is 3.11. The molecule has 1 N–H and O–H groups in total. The van der Waals surface area contributed by atoms with Crippen molar-refractivity contribution >= 4 is 22.6 Å². The molecular formula is C21H17FN4O. The predicted molar refractivity (Wildman–Crippen MR) is 103 cm³/mol. The van der Waals surface area contributed by atoms with E-state index in [1.807, 2.05) is 37.3 Å². The van der Waals surface area contributed by atoms with Gasteiger partial charge in [0, 0.05) is 17.8 Å². The molecule has 0 spiro atoms. The molecule has 0 saturated heterocycles. The van der Waals surface area contributed by atoms with E-state index >= 15 is 0 Å². The highest BCUT2D eigenvalue weighted by Crippen LogP contribution is 2.25. The standard InChI is InChI=1S/C21H17FN4O/c1-2-26-20-18(13-23-26)17(12-19(25-20)14-7-4-3-5-8-14)21(27)24-16-10-6-9-15(22)11-16/h3-13H,2H2,1H3,(H,24,27). The van der Waals surface area contributed by atoms with Gasteiger partial charge < -0.3 is 5.32 Å². The number of rotatable bonds is 4. The van der Waals surface area contributed by atoms with Gasteiger partial charge in [-0.15, -0.1) is 0 Å². The summed E-state index contributed by atoms with van der Waals surface area (Å²) < 4.78 is 15.2. The Balaban J connectivity index is 1.83. The molecular weight excluding hydrogens is 343 g/mol. The maximum atomic E-state index is 13.4. The maximum Gasteiger partial charge on any atom is 0.256 e. The molecule has 0 saturated carbocycles. The van der Waals surface area contributed by atoms with Crippen molar-refractivity contribution in [3.8, 4) is 11.3 Å². The molecule has 0 radical (unpaired) electrons. The van der Waals surface area contributed by atoms with E-state index in [1.54, 1.807) is 29.1 Å². The summed E-state index contributed by atoms with van der Waals surface area (Å²) in [5.74, 6) is -0.739. The number of anilines is 1. The van der Waals surface area contributed by atoms with E-state index in [0.29, 0.717) is 34.5 Å². The quantitative estimate of drug-likeness (QED) is 0.582. The van der Waals surface area contributed by atoms with Gasteiger partial charge in [0.15, 0.2) is 5.65 Å². The topological polar surface area (TPSA) is 59.8 Å². The largest absolute Gasteiger partial charge is 0.322 e. The maximum absolute atomic E-state index is 13.4. The van der Waals surface area contributed by atoms with Gasteiger partial charge in [-0.05, 0) is 31.2 Å². The van der Waals surface area contributed by atoms with Crippen molar-refractivity contribution in [1.82, 2.24) is 14.8 Å². The minimum Gasteiger partial charge on any atom is -0.322 e. The van der Waals surface area contributed by atoms with E-state index < -0.39 is 5.82 Å². The molecule has 0 bridgehead atoms. The Morgan fingerprint density at radius 1 is 1.11 bits per heavy atom. The van der Waals surface area contributed by atoms with Crippen molar-refractivity contribution in [2.45, 2.75) is 13.5 Å². The van der Waals surface area contributed by atoms with Crippen molar-refractivity contribution in [1.29, 1.82) is 0 Å². The zero-order valence-corrected chi connectivity index (χ0v) is 14.7. The summed E-state index contributed by atoms with van der Waals surface area (Å²) in [6, 6.07) is 17.2. The summed E-state index contributed by atoms with van der Waals surface area (Å²) in [6.45, 7) is 2.61. The fourth-order valence-corrected chi connectivity index (χ4v) is 2.99. The lowest BCUT2D eigenvalue weighted by atomic mass is 10.1. The van der Waals surface area contributed by atoms with Crippen LogP contribution < -0.4 is 5.32 Å². The van der Waals surface area contributed by atoms with Gasteiger partial charge in [0.2, 0.25) is 0 Å². The molecule has 0 atom stereocenters. The minimum atomic E-state index is -0.406. The van der Waals surface area contributed by atoms with Gasteiger partial charge in [-0.2, -0.15) is 5.10 Å². The first kappa shape index (κ1) is 16.9. The molecule has 5 nitrogen and oxygen atoms in total. The second-order valence-corrected chi connectivity index (χ2v) is 6.08. The van der Waals surface area contributed by atoms with Crippen molar-refractivity contribution < 1.29 is 9.18 Å². The number of nitrogens with one attached hydrogen (secondary N) is 1. The van der Waals surface area contributed by atoms with Gasteiger partial charge in [0.25, 0.3) is 5.91 Å². The van der Waals surface area contributed by atoms with Crippen molar-refractivity contribution in [3.05, 3.63) is 78.2 Å². The van der Waals surface area contributed by atoms with Gasteiger partial charge in [-0.25, -0.2) is 14.1 Å². The first-order chi connectivity index (χ1) is 13.2. The fourth-order valence-electron chi connectivity index (χ4n) is 2.99. The van der Waals surface area contributed by atoms with Crippen molar-refractivity contribution in [3.63, 3.8) is 0 Å². The summed E-state index contributed by atoms with van der Waals surface area (Å²) in [4.78, 5) is 17.6. The number of amides is 1. The van der Waals surface area contributed by atoms with Crippen LogP contribution in [0.1, 0.15) is 17.3 Å². The number of halogens is 1. The molecule has 1 amide bonds. The average molecular weight is 360 g/mol. The smallest absolute Gasteiger partial charge is 0.256 e. The van der Waals surface area contributed by atoms with E-state index in [0.717, 1.165) is 5.56 Å². The second kappa shape index (κ2) is 6.99. The summed E-state index contributed by atoms with van der Waals surface area (Å²) in [5, 5.41) is 7.74. The zero-order valence-electron chi connectivity index (χ0n) is 14.7. The lowest BCUT2D eigenvalue weighted by molar-refractivity contribution is 0.102. The lowest BCUT2D eigenvalue weighted by Gasteiger charge is -2.09. The fraction of sp³-hybridized carbons (Fsp3) is 0.0952. The number of carbonyl (C=O) groups excluding carboxylic acids is 1. The number of nitrogens with zero attached hydrogens (tertiary/aromatic N) is 3. The minimum absolute atomic E-state index is 0.333. The Morgan fingerprint density at radius 3 is 2.67 bits per heavy atom. The molecule has 6 heteroatoms. The number of carbonyl (C=O) groups is 1. The lowest BCUT2D eigenvalue weighted by Crippen LogP contribution is -2.13. The van der Waals surface area contributed by atoms with E-state index in [-0.39, 0.29) is 5.91 Å². The Morgan fingerprint density at radius 2 is 1.93 bits per heavy atom. The first-order valence-electron chi connectivity index (χ1n) is 8.64. The molecule has 0 aliphatic rings. The van der Waals surface area contributed by atoms with Crippen LogP contribution in [0.5, 0.6) is 0 Å². The van der Waals surface area contributed by atoms with Crippen LogP contribution in [0.2, 0.25) is 0 Å².